The summed E-state index contributed by atoms with van der Waals surface area (Å²) in [7, 11) is -4.27. The Hall–Kier alpha value is -0.500. The van der Waals surface area contributed by atoms with Gasteiger partial charge in [-0.3, -0.25) is 13.8 Å². The highest BCUT2D eigenvalue weighted by Gasteiger charge is 2.25. The fraction of sp³-hybridized carbons (Fsp3) is 0.981. The zero-order valence-electron chi connectivity index (χ0n) is 42.4. The first kappa shape index (κ1) is 62.5. The van der Waals surface area contributed by atoms with Crippen molar-refractivity contribution >= 4 is 13.8 Å². The van der Waals surface area contributed by atoms with E-state index in [1.165, 1.54) is 250 Å². The highest BCUT2D eigenvalue weighted by atomic mass is 31.2. The van der Waals surface area contributed by atoms with Crippen molar-refractivity contribution in [2.24, 2.45) is 5.73 Å². The fourth-order valence-corrected chi connectivity index (χ4v) is 9.41. The largest absolute Gasteiger partial charge is 0.472 e. The summed E-state index contributed by atoms with van der Waals surface area (Å²) in [6, 6.07) is 0. The van der Waals surface area contributed by atoms with E-state index in [-0.39, 0.29) is 32.3 Å². The lowest BCUT2D eigenvalue weighted by Crippen LogP contribution is -2.28. The van der Waals surface area contributed by atoms with Gasteiger partial charge in [-0.25, -0.2) is 4.57 Å². The van der Waals surface area contributed by atoms with E-state index >= 15 is 0 Å². The van der Waals surface area contributed by atoms with Crippen LogP contribution in [0.3, 0.4) is 0 Å². The standard InChI is InChI=1S/C54H110NO7P/c1-3-5-7-9-11-13-15-17-18-19-20-21-22-23-24-25-26-27-28-29-30-31-32-33-34-35-36-37-39-41-43-45-47-54(56)62-53(52-61-63(57,58)60-50-48-55)51-59-49-46-44-42-40-38-16-14-12-10-8-6-4-2/h53H,3-52,55H2,1-2H3,(H,57,58)/t53-/m1/s1. The number of ether oxygens (including phenoxy) is 2. The van der Waals surface area contributed by atoms with Crippen LogP contribution in [0.4, 0.5) is 0 Å². The van der Waals surface area contributed by atoms with Crippen LogP contribution in [0.1, 0.15) is 303 Å². The molecule has 0 aromatic rings. The average molecular weight is 916 g/mol. The normalized spacial score (nSPS) is 13.1. The quantitative estimate of drug-likeness (QED) is 0.0352. The van der Waals surface area contributed by atoms with E-state index in [0.29, 0.717) is 13.0 Å². The lowest BCUT2D eigenvalue weighted by Gasteiger charge is -2.20. The Labute approximate surface area is 392 Å². The van der Waals surface area contributed by atoms with Gasteiger partial charge in [0.25, 0.3) is 0 Å². The summed E-state index contributed by atoms with van der Waals surface area (Å²) >= 11 is 0. The van der Waals surface area contributed by atoms with Gasteiger partial charge in [-0.2, -0.15) is 0 Å². The van der Waals surface area contributed by atoms with Crippen LogP contribution in [0.5, 0.6) is 0 Å². The summed E-state index contributed by atoms with van der Waals surface area (Å²) in [6.07, 6.45) is 58.9. The predicted molar refractivity (Wildman–Crippen MR) is 271 cm³/mol. The fourth-order valence-electron chi connectivity index (χ4n) is 8.65. The molecule has 0 amide bonds. The van der Waals surface area contributed by atoms with Gasteiger partial charge >= 0.3 is 13.8 Å². The van der Waals surface area contributed by atoms with Crippen molar-refractivity contribution in [3.05, 3.63) is 0 Å². The Bertz CT molecular complexity index is 940. The van der Waals surface area contributed by atoms with Crippen molar-refractivity contribution in [2.45, 2.75) is 309 Å². The Balaban J connectivity index is 3.69. The molecule has 0 aliphatic heterocycles. The molecule has 0 radical (unpaired) electrons. The lowest BCUT2D eigenvalue weighted by atomic mass is 10.0. The second-order valence-electron chi connectivity index (χ2n) is 19.2. The molecule has 0 saturated heterocycles. The van der Waals surface area contributed by atoms with Crippen molar-refractivity contribution in [1.29, 1.82) is 0 Å². The van der Waals surface area contributed by atoms with Crippen LogP contribution in [-0.4, -0.2) is 49.9 Å². The molecule has 0 heterocycles. The Morgan fingerprint density at radius 3 is 1.00 bits per heavy atom. The molecule has 63 heavy (non-hydrogen) atoms. The van der Waals surface area contributed by atoms with Crippen LogP contribution in [0, 0.1) is 0 Å². The van der Waals surface area contributed by atoms with E-state index in [9.17, 15) is 14.3 Å². The number of hydrogen-bond donors (Lipinski definition) is 2. The summed E-state index contributed by atoms with van der Waals surface area (Å²) in [4.78, 5) is 22.6. The average Bonchev–Trinajstić information content (AvgIpc) is 3.28. The Kier molecular flexibility index (Phi) is 52.1. The minimum atomic E-state index is -4.27. The number of unbranched alkanes of at least 4 members (excludes halogenated alkanes) is 42. The zero-order valence-corrected chi connectivity index (χ0v) is 43.2. The Morgan fingerprint density at radius 1 is 0.413 bits per heavy atom. The molecule has 0 aliphatic carbocycles. The molecule has 3 N–H and O–H groups in total. The van der Waals surface area contributed by atoms with Crippen LogP contribution in [0.25, 0.3) is 0 Å². The second-order valence-corrected chi connectivity index (χ2v) is 20.6. The molecule has 0 rings (SSSR count). The minimum absolute atomic E-state index is 0.0899. The molecule has 9 heteroatoms. The molecule has 0 aromatic carbocycles. The topological polar surface area (TPSA) is 117 Å². The maximum atomic E-state index is 12.7. The van der Waals surface area contributed by atoms with Gasteiger partial charge in [0.15, 0.2) is 0 Å². The van der Waals surface area contributed by atoms with E-state index in [1.54, 1.807) is 0 Å². The van der Waals surface area contributed by atoms with Gasteiger partial charge in [0, 0.05) is 19.6 Å². The molecular weight excluding hydrogens is 806 g/mol. The van der Waals surface area contributed by atoms with Gasteiger partial charge in [-0.1, -0.05) is 284 Å². The van der Waals surface area contributed by atoms with E-state index in [4.69, 9.17) is 24.3 Å². The predicted octanol–water partition coefficient (Wildman–Crippen LogP) is 17.6. The number of carbonyl (C=O) groups is 1. The first-order valence-corrected chi connectivity index (χ1v) is 29.5. The van der Waals surface area contributed by atoms with E-state index < -0.39 is 13.9 Å². The summed E-state index contributed by atoms with van der Waals surface area (Å²) in [5.74, 6) is -0.321. The number of esters is 1. The lowest BCUT2D eigenvalue weighted by molar-refractivity contribution is -0.154. The SMILES string of the molecule is CCCCCCCCCCCCCCCCCCCCCCCCCCCCCCCCCCC(=O)O[C@H](COCCCCCCCCCCCCCC)COP(=O)(O)OCCN. The maximum absolute atomic E-state index is 12.7. The zero-order chi connectivity index (χ0) is 45.8. The number of hydrogen-bond acceptors (Lipinski definition) is 7. The van der Waals surface area contributed by atoms with E-state index in [2.05, 4.69) is 13.8 Å². The van der Waals surface area contributed by atoms with Crippen molar-refractivity contribution in [2.75, 3.05) is 33.0 Å². The monoisotopic (exact) mass is 916 g/mol. The van der Waals surface area contributed by atoms with Crippen molar-refractivity contribution in [3.63, 3.8) is 0 Å². The van der Waals surface area contributed by atoms with Crippen molar-refractivity contribution < 1.29 is 32.8 Å². The van der Waals surface area contributed by atoms with Crippen LogP contribution < -0.4 is 5.73 Å². The molecule has 0 spiro atoms. The molecule has 0 bridgehead atoms. The molecule has 2 atom stereocenters. The molecule has 0 saturated carbocycles. The second kappa shape index (κ2) is 52.5. The molecule has 0 fully saturated rings. The number of rotatable bonds is 55. The third kappa shape index (κ3) is 52.3. The van der Waals surface area contributed by atoms with Gasteiger partial charge in [0.2, 0.25) is 0 Å². The first-order chi connectivity index (χ1) is 30.9. The molecule has 1 unspecified atom stereocenters. The third-order valence-electron chi connectivity index (χ3n) is 12.8. The summed E-state index contributed by atoms with van der Waals surface area (Å²) in [5.41, 5.74) is 5.39. The van der Waals surface area contributed by atoms with Crippen LogP contribution >= 0.6 is 7.82 Å². The molecule has 8 nitrogen and oxygen atoms in total. The Morgan fingerprint density at radius 2 is 0.698 bits per heavy atom. The molecular formula is C54H110NO7P. The first-order valence-electron chi connectivity index (χ1n) is 28.0. The van der Waals surface area contributed by atoms with Crippen LogP contribution in [0.2, 0.25) is 0 Å². The van der Waals surface area contributed by atoms with Gasteiger partial charge in [-0.05, 0) is 12.8 Å². The molecule has 0 aliphatic rings. The molecule has 378 valence electrons. The number of carbonyl (C=O) groups excluding carboxylic acids is 1. The third-order valence-corrected chi connectivity index (χ3v) is 13.8. The molecule has 0 aromatic heterocycles. The number of phosphoric ester groups is 1. The van der Waals surface area contributed by atoms with E-state index in [0.717, 1.165) is 32.1 Å². The van der Waals surface area contributed by atoms with Gasteiger partial charge in [0.1, 0.15) is 6.10 Å². The summed E-state index contributed by atoms with van der Waals surface area (Å²) < 4.78 is 33.6. The number of phosphoric acid groups is 1. The van der Waals surface area contributed by atoms with E-state index in [1.807, 2.05) is 0 Å². The summed E-state index contributed by atoms with van der Waals surface area (Å²) in [6.45, 7) is 5.00. The summed E-state index contributed by atoms with van der Waals surface area (Å²) in [5, 5.41) is 0. The number of nitrogens with two attached hydrogens (primary N) is 1. The highest BCUT2D eigenvalue weighted by molar-refractivity contribution is 7.47. The van der Waals surface area contributed by atoms with Gasteiger partial charge in [-0.15, -0.1) is 0 Å². The van der Waals surface area contributed by atoms with Gasteiger partial charge in [0.05, 0.1) is 19.8 Å². The maximum Gasteiger partial charge on any atom is 0.472 e. The van der Waals surface area contributed by atoms with Crippen LogP contribution in [0.15, 0.2) is 0 Å². The van der Waals surface area contributed by atoms with Gasteiger partial charge < -0.3 is 20.1 Å². The minimum Gasteiger partial charge on any atom is -0.457 e. The van der Waals surface area contributed by atoms with Crippen molar-refractivity contribution in [3.8, 4) is 0 Å². The van der Waals surface area contributed by atoms with Crippen molar-refractivity contribution in [1.82, 2.24) is 0 Å². The van der Waals surface area contributed by atoms with Crippen LogP contribution in [-0.2, 0) is 27.9 Å². The smallest absolute Gasteiger partial charge is 0.457 e. The highest BCUT2D eigenvalue weighted by Crippen LogP contribution is 2.43.